The maximum absolute atomic E-state index is 13.4. The number of rotatable bonds is 6. The van der Waals surface area contributed by atoms with E-state index in [2.05, 4.69) is 23.8 Å². The van der Waals surface area contributed by atoms with Crippen LogP contribution in [0.5, 0.6) is 6.01 Å². The molecule has 1 aromatic carbocycles. The topological polar surface area (TPSA) is 38.2 Å². The Morgan fingerprint density at radius 2 is 1.88 bits per heavy atom. The first-order chi connectivity index (χ1) is 12.1. The van der Waals surface area contributed by atoms with Crippen LogP contribution in [-0.2, 0) is 6.18 Å². The number of alkyl halides is 3. The third kappa shape index (κ3) is 4.65. The molecule has 1 heterocycles. The molecule has 0 aliphatic rings. The minimum absolute atomic E-state index is 0.0760. The molecule has 142 valence electrons. The predicted molar refractivity (Wildman–Crippen MR) is 96.0 cm³/mol. The van der Waals surface area contributed by atoms with Gasteiger partial charge in [0.2, 0.25) is 0 Å². The Morgan fingerprint density at radius 3 is 2.46 bits per heavy atom. The van der Waals surface area contributed by atoms with E-state index in [-0.39, 0.29) is 17.9 Å². The summed E-state index contributed by atoms with van der Waals surface area (Å²) < 4.78 is 45.7. The lowest BCUT2D eigenvalue weighted by Gasteiger charge is -2.24. The summed E-state index contributed by atoms with van der Waals surface area (Å²) in [5, 5.41) is 0. The minimum atomic E-state index is -4.56. The van der Waals surface area contributed by atoms with Gasteiger partial charge < -0.3 is 9.64 Å². The van der Waals surface area contributed by atoms with Crippen molar-refractivity contribution in [3.8, 4) is 6.01 Å². The molecule has 0 amide bonds. The minimum Gasteiger partial charge on any atom is -0.461 e. The summed E-state index contributed by atoms with van der Waals surface area (Å²) in [6, 6.07) is 7.39. The van der Waals surface area contributed by atoms with E-state index in [9.17, 15) is 13.2 Å². The van der Waals surface area contributed by atoms with Gasteiger partial charge in [0.1, 0.15) is 5.56 Å². The third-order valence-corrected chi connectivity index (χ3v) is 4.15. The summed E-state index contributed by atoms with van der Waals surface area (Å²) in [6.07, 6.45) is -3.08. The molecule has 0 bridgehead atoms. The van der Waals surface area contributed by atoms with Crippen molar-refractivity contribution in [2.45, 2.75) is 52.3 Å². The maximum atomic E-state index is 13.4. The molecule has 2 rings (SSSR count). The predicted octanol–water partition coefficient (Wildman–Crippen LogP) is 5.56. The fourth-order valence-electron chi connectivity index (χ4n) is 2.48. The van der Waals surface area contributed by atoms with Crippen LogP contribution in [0.4, 0.5) is 24.7 Å². The molecule has 0 fully saturated rings. The Morgan fingerprint density at radius 1 is 1.19 bits per heavy atom. The fraction of sp³-hybridized carbons (Fsp3) is 0.474. The number of nitrogens with zero attached hydrogens (tertiary/aromatic N) is 3. The largest absolute Gasteiger partial charge is 0.461 e. The number of halogens is 3. The van der Waals surface area contributed by atoms with Gasteiger partial charge in [-0.1, -0.05) is 26.0 Å². The van der Waals surface area contributed by atoms with E-state index in [1.54, 1.807) is 27.0 Å². The van der Waals surface area contributed by atoms with Crippen molar-refractivity contribution in [1.29, 1.82) is 0 Å². The number of hydrogen-bond donors (Lipinski definition) is 0. The van der Waals surface area contributed by atoms with E-state index < -0.39 is 11.7 Å². The molecule has 1 unspecified atom stereocenters. The van der Waals surface area contributed by atoms with Crippen molar-refractivity contribution in [2.75, 3.05) is 11.9 Å². The highest BCUT2D eigenvalue weighted by molar-refractivity contribution is 5.63. The van der Waals surface area contributed by atoms with Crippen LogP contribution in [0.3, 0.4) is 0 Å². The second kappa shape index (κ2) is 7.93. The number of hydrogen-bond acceptors (Lipinski definition) is 4. The number of anilines is 2. The van der Waals surface area contributed by atoms with E-state index in [4.69, 9.17) is 4.74 Å². The van der Waals surface area contributed by atoms with Gasteiger partial charge in [0, 0.05) is 18.9 Å². The lowest BCUT2D eigenvalue weighted by Crippen LogP contribution is -2.20. The van der Waals surface area contributed by atoms with Crippen LogP contribution in [0, 0.1) is 0 Å². The van der Waals surface area contributed by atoms with Gasteiger partial charge in [0.25, 0.3) is 0 Å². The standard InChI is InChI=1S/C19H24F3N3O/c1-6-13(4)14-8-7-9-15(10-14)25(5)17-16(19(20,21)22)11-23-18(24-17)26-12(2)3/h7-13H,6H2,1-5H3. The first kappa shape index (κ1) is 20.0. The van der Waals surface area contributed by atoms with Gasteiger partial charge in [0.05, 0.1) is 6.10 Å². The van der Waals surface area contributed by atoms with Crippen LogP contribution >= 0.6 is 0 Å². The molecule has 1 aromatic heterocycles. The molecule has 0 saturated heterocycles. The van der Waals surface area contributed by atoms with Crippen molar-refractivity contribution in [3.05, 3.63) is 41.6 Å². The van der Waals surface area contributed by atoms with E-state index in [1.807, 2.05) is 18.2 Å². The molecule has 4 nitrogen and oxygen atoms in total. The molecule has 0 aliphatic heterocycles. The smallest absolute Gasteiger partial charge is 0.421 e. The van der Waals surface area contributed by atoms with Gasteiger partial charge in [-0.15, -0.1) is 0 Å². The van der Waals surface area contributed by atoms with E-state index in [1.165, 1.54) is 4.90 Å². The van der Waals surface area contributed by atoms with Crippen LogP contribution in [0.25, 0.3) is 0 Å². The zero-order chi connectivity index (χ0) is 19.5. The highest BCUT2D eigenvalue weighted by Gasteiger charge is 2.37. The summed E-state index contributed by atoms with van der Waals surface area (Å²) >= 11 is 0. The molecule has 0 N–H and O–H groups in total. The van der Waals surface area contributed by atoms with Crippen molar-refractivity contribution in [1.82, 2.24) is 9.97 Å². The maximum Gasteiger partial charge on any atom is 0.421 e. The molecular formula is C19H24F3N3O. The lowest BCUT2D eigenvalue weighted by atomic mass is 9.98. The first-order valence-corrected chi connectivity index (χ1v) is 8.58. The summed E-state index contributed by atoms with van der Waals surface area (Å²) in [5.74, 6) is 0.0834. The molecule has 0 radical (unpaired) electrons. The van der Waals surface area contributed by atoms with E-state index >= 15 is 0 Å². The van der Waals surface area contributed by atoms with Crippen LogP contribution in [0.2, 0.25) is 0 Å². The van der Waals surface area contributed by atoms with Gasteiger partial charge in [-0.2, -0.15) is 18.2 Å². The van der Waals surface area contributed by atoms with Crippen LogP contribution in [-0.4, -0.2) is 23.1 Å². The Bertz CT molecular complexity index is 747. The van der Waals surface area contributed by atoms with E-state index in [0.29, 0.717) is 11.6 Å². The molecule has 0 spiro atoms. The van der Waals surface area contributed by atoms with E-state index in [0.717, 1.165) is 18.2 Å². The molecule has 7 heteroatoms. The number of aromatic nitrogens is 2. The molecule has 2 aromatic rings. The Hall–Kier alpha value is -2.31. The normalized spacial score (nSPS) is 13.0. The summed E-state index contributed by atoms with van der Waals surface area (Å²) in [5.41, 5.74) is 0.797. The zero-order valence-electron chi connectivity index (χ0n) is 15.6. The highest BCUT2D eigenvalue weighted by atomic mass is 19.4. The van der Waals surface area contributed by atoms with Gasteiger partial charge in [-0.25, -0.2) is 4.98 Å². The quantitative estimate of drug-likeness (QED) is 0.670. The van der Waals surface area contributed by atoms with Gasteiger partial charge in [0.15, 0.2) is 5.82 Å². The number of benzene rings is 1. The van der Waals surface area contributed by atoms with Gasteiger partial charge in [-0.05, 0) is 43.9 Å². The monoisotopic (exact) mass is 367 g/mol. The van der Waals surface area contributed by atoms with Crippen LogP contribution in [0.1, 0.15) is 51.2 Å². The highest BCUT2D eigenvalue weighted by Crippen LogP contribution is 2.38. The first-order valence-electron chi connectivity index (χ1n) is 8.58. The third-order valence-electron chi connectivity index (χ3n) is 4.15. The molecular weight excluding hydrogens is 343 g/mol. The molecule has 26 heavy (non-hydrogen) atoms. The fourth-order valence-corrected chi connectivity index (χ4v) is 2.48. The van der Waals surface area contributed by atoms with Crippen molar-refractivity contribution in [2.24, 2.45) is 0 Å². The van der Waals surface area contributed by atoms with Crippen LogP contribution < -0.4 is 9.64 Å². The number of ether oxygens (including phenoxy) is 1. The summed E-state index contributed by atoms with van der Waals surface area (Å²) in [7, 11) is 1.56. The van der Waals surface area contributed by atoms with Gasteiger partial charge in [-0.3, -0.25) is 0 Å². The second-order valence-corrected chi connectivity index (χ2v) is 6.52. The Labute approximate surface area is 152 Å². The summed E-state index contributed by atoms with van der Waals surface area (Å²) in [6.45, 7) is 7.68. The zero-order valence-corrected chi connectivity index (χ0v) is 15.6. The Balaban J connectivity index is 2.50. The SMILES string of the molecule is CCC(C)c1cccc(N(C)c2nc(OC(C)C)ncc2C(F)(F)F)c1. The lowest BCUT2D eigenvalue weighted by molar-refractivity contribution is -0.137. The van der Waals surface area contributed by atoms with Gasteiger partial charge >= 0.3 is 12.2 Å². The van der Waals surface area contributed by atoms with Crippen LogP contribution in [0.15, 0.2) is 30.5 Å². The van der Waals surface area contributed by atoms with Crippen molar-refractivity contribution in [3.63, 3.8) is 0 Å². The Kier molecular flexibility index (Phi) is 6.10. The molecule has 0 aliphatic carbocycles. The molecule has 0 saturated carbocycles. The van der Waals surface area contributed by atoms with Crippen molar-refractivity contribution >= 4 is 11.5 Å². The second-order valence-electron chi connectivity index (χ2n) is 6.52. The molecule has 1 atom stereocenters. The van der Waals surface area contributed by atoms with Crippen molar-refractivity contribution < 1.29 is 17.9 Å². The average Bonchev–Trinajstić information content (AvgIpc) is 2.59. The average molecular weight is 367 g/mol. The summed E-state index contributed by atoms with van der Waals surface area (Å²) in [4.78, 5) is 9.14.